The van der Waals surface area contributed by atoms with Crippen LogP contribution in [-0.4, -0.2) is 38.2 Å². The van der Waals surface area contributed by atoms with E-state index in [0.717, 1.165) is 17.6 Å². The Kier molecular flexibility index (Phi) is 3.03. The number of carbonyl (C=O) groups is 1. The first-order valence-electron chi connectivity index (χ1n) is 5.37. The molecule has 0 radical (unpaired) electrons. The zero-order chi connectivity index (χ0) is 13.4. The molecule has 2 aliphatic heterocycles. The molecule has 0 spiro atoms. The van der Waals surface area contributed by atoms with Gasteiger partial charge in [-0.25, -0.2) is 4.90 Å². The molecule has 3 heterocycles. The molecular weight excluding hydrogens is 282 g/mol. The number of H-pyrrole nitrogens is 1. The Morgan fingerprint density at radius 2 is 2.42 bits per heavy atom. The Morgan fingerprint density at radius 3 is 3.11 bits per heavy atom. The maximum Gasteiger partial charge on any atom is 0.283 e. The predicted octanol–water partition coefficient (Wildman–Crippen LogP) is 1.95. The number of aromatic nitrogens is 1. The van der Waals surface area contributed by atoms with Crippen molar-refractivity contribution in [1.82, 2.24) is 9.88 Å². The van der Waals surface area contributed by atoms with Crippen molar-refractivity contribution in [3.05, 3.63) is 29.6 Å². The van der Waals surface area contributed by atoms with Gasteiger partial charge in [0.15, 0.2) is 5.17 Å². The number of amidine groups is 3. The smallest absolute Gasteiger partial charge is 0.283 e. The fraction of sp³-hybridized carbons (Fsp3) is 0.0909. The fourth-order valence-electron chi connectivity index (χ4n) is 1.72. The van der Waals surface area contributed by atoms with E-state index >= 15 is 0 Å². The molecule has 0 bridgehead atoms. The van der Waals surface area contributed by atoms with Crippen LogP contribution in [0.3, 0.4) is 0 Å². The molecule has 8 heteroatoms. The zero-order valence-electron chi connectivity index (χ0n) is 9.88. The van der Waals surface area contributed by atoms with Crippen molar-refractivity contribution in [3.8, 4) is 0 Å². The first-order chi connectivity index (χ1) is 9.20. The van der Waals surface area contributed by atoms with Crippen LogP contribution in [0.2, 0.25) is 0 Å². The Bertz CT molecular complexity index is 644. The van der Waals surface area contributed by atoms with Crippen LogP contribution in [0.5, 0.6) is 0 Å². The van der Waals surface area contributed by atoms with E-state index in [1.165, 1.54) is 11.8 Å². The summed E-state index contributed by atoms with van der Waals surface area (Å²) in [5.41, 5.74) is 1.02. The predicted molar refractivity (Wildman–Crippen MR) is 79.3 cm³/mol. The summed E-state index contributed by atoms with van der Waals surface area (Å²) < 4.78 is 4.18. The molecule has 0 unspecified atom stereocenters. The topological polar surface area (TPSA) is 84.7 Å². The van der Waals surface area contributed by atoms with E-state index in [-0.39, 0.29) is 11.4 Å². The summed E-state index contributed by atoms with van der Waals surface area (Å²) in [6.07, 6.45) is 5.27. The van der Waals surface area contributed by atoms with Gasteiger partial charge in [-0.2, -0.15) is 9.39 Å². The third-order valence-corrected chi connectivity index (χ3v) is 4.05. The SMILES string of the molecule is CSC1=NSC2=NC(=O)/C(=C\c3ccc[nH]3)C(=N)N12. The van der Waals surface area contributed by atoms with E-state index in [2.05, 4.69) is 14.4 Å². The number of amides is 1. The average Bonchev–Trinajstić information content (AvgIpc) is 3.02. The molecule has 96 valence electrons. The molecule has 0 aromatic carbocycles. The summed E-state index contributed by atoms with van der Waals surface area (Å²) in [4.78, 5) is 20.5. The van der Waals surface area contributed by atoms with Gasteiger partial charge in [0, 0.05) is 11.9 Å². The molecule has 0 atom stereocenters. The number of aromatic amines is 1. The molecule has 1 aromatic rings. The minimum Gasteiger partial charge on any atom is -0.362 e. The lowest BCUT2D eigenvalue weighted by Gasteiger charge is -2.23. The molecular formula is C11H9N5OS2. The number of aliphatic imine (C=N–C) groups is 1. The highest BCUT2D eigenvalue weighted by atomic mass is 32.2. The van der Waals surface area contributed by atoms with E-state index in [1.807, 2.05) is 18.4 Å². The van der Waals surface area contributed by atoms with Gasteiger partial charge in [0.25, 0.3) is 5.91 Å². The van der Waals surface area contributed by atoms with Gasteiger partial charge < -0.3 is 4.98 Å². The fourth-order valence-corrected chi connectivity index (χ4v) is 3.17. The van der Waals surface area contributed by atoms with E-state index in [4.69, 9.17) is 5.41 Å². The van der Waals surface area contributed by atoms with Crippen LogP contribution in [0.25, 0.3) is 6.08 Å². The maximum absolute atomic E-state index is 12.0. The van der Waals surface area contributed by atoms with Crippen LogP contribution in [0.1, 0.15) is 5.69 Å². The lowest BCUT2D eigenvalue weighted by molar-refractivity contribution is -0.114. The number of rotatable bonds is 1. The first-order valence-corrected chi connectivity index (χ1v) is 7.36. The molecule has 1 aromatic heterocycles. The summed E-state index contributed by atoms with van der Waals surface area (Å²) in [6, 6.07) is 3.66. The minimum atomic E-state index is -0.407. The summed E-state index contributed by atoms with van der Waals surface area (Å²) >= 11 is 2.54. The van der Waals surface area contributed by atoms with Crippen molar-refractivity contribution in [2.24, 2.45) is 9.39 Å². The number of fused-ring (bicyclic) bond motifs is 1. The quantitative estimate of drug-likeness (QED) is 0.612. The molecule has 19 heavy (non-hydrogen) atoms. The first kappa shape index (κ1) is 12.2. The van der Waals surface area contributed by atoms with Gasteiger partial charge in [0.2, 0.25) is 5.17 Å². The number of nitrogens with zero attached hydrogens (tertiary/aromatic N) is 3. The van der Waals surface area contributed by atoms with Gasteiger partial charge in [0.05, 0.1) is 17.5 Å². The number of carbonyl (C=O) groups excluding carboxylic acids is 1. The van der Waals surface area contributed by atoms with Crippen molar-refractivity contribution < 1.29 is 4.79 Å². The van der Waals surface area contributed by atoms with Crippen LogP contribution in [-0.2, 0) is 4.79 Å². The molecule has 0 aliphatic carbocycles. The second-order valence-electron chi connectivity index (χ2n) is 3.74. The van der Waals surface area contributed by atoms with Crippen molar-refractivity contribution in [1.29, 1.82) is 5.41 Å². The zero-order valence-corrected chi connectivity index (χ0v) is 11.5. The standard InChI is InChI=1S/C11H9N5OS2/c1-18-11-15-19-10-14-9(17)7(8(12)16(10)11)5-6-3-2-4-13-6/h2-5,12-13H,1H3/b7-5-,12-8?. The molecule has 3 rings (SSSR count). The maximum atomic E-state index is 12.0. The highest BCUT2D eigenvalue weighted by Gasteiger charge is 2.36. The van der Waals surface area contributed by atoms with Gasteiger partial charge in [-0.1, -0.05) is 11.8 Å². The van der Waals surface area contributed by atoms with Crippen LogP contribution in [0.4, 0.5) is 0 Å². The summed E-state index contributed by atoms with van der Waals surface area (Å²) in [7, 11) is 0. The molecule has 2 aliphatic rings. The van der Waals surface area contributed by atoms with Gasteiger partial charge >= 0.3 is 0 Å². The third kappa shape index (κ3) is 2.02. The van der Waals surface area contributed by atoms with E-state index in [1.54, 1.807) is 17.2 Å². The lowest BCUT2D eigenvalue weighted by atomic mass is 10.1. The summed E-state index contributed by atoms with van der Waals surface area (Å²) in [5.74, 6) is -0.293. The van der Waals surface area contributed by atoms with Gasteiger partial charge in [-0.15, -0.1) is 0 Å². The van der Waals surface area contributed by atoms with Crippen molar-refractivity contribution in [2.45, 2.75) is 0 Å². The number of nitrogens with one attached hydrogen (secondary N) is 2. The van der Waals surface area contributed by atoms with Gasteiger partial charge in [-0.3, -0.25) is 10.2 Å². The average molecular weight is 291 g/mol. The third-order valence-electron chi connectivity index (χ3n) is 2.60. The highest BCUT2D eigenvalue weighted by molar-refractivity contribution is 8.18. The van der Waals surface area contributed by atoms with Crippen molar-refractivity contribution in [3.63, 3.8) is 0 Å². The second kappa shape index (κ2) is 4.71. The van der Waals surface area contributed by atoms with Crippen molar-refractivity contribution in [2.75, 3.05) is 6.26 Å². The van der Waals surface area contributed by atoms with Crippen LogP contribution in [0.15, 0.2) is 33.3 Å². The molecule has 0 saturated carbocycles. The second-order valence-corrected chi connectivity index (χ2v) is 5.24. The summed E-state index contributed by atoms with van der Waals surface area (Å²) in [6.45, 7) is 0. The highest BCUT2D eigenvalue weighted by Crippen LogP contribution is 2.30. The van der Waals surface area contributed by atoms with Gasteiger partial charge in [-0.05, 0) is 24.5 Å². The van der Waals surface area contributed by atoms with E-state index < -0.39 is 5.91 Å². The Labute approximate surface area is 117 Å². The lowest BCUT2D eigenvalue weighted by Crippen LogP contribution is -2.41. The number of thioether (sulfide) groups is 1. The minimum absolute atomic E-state index is 0.114. The molecule has 0 fully saturated rings. The molecule has 2 N–H and O–H groups in total. The Balaban J connectivity index is 2.03. The number of hydrogen-bond donors (Lipinski definition) is 2. The molecule has 1 amide bonds. The van der Waals surface area contributed by atoms with Crippen LogP contribution in [0, 0.1) is 5.41 Å². The monoisotopic (exact) mass is 291 g/mol. The van der Waals surface area contributed by atoms with Crippen molar-refractivity contribution >= 4 is 51.9 Å². The van der Waals surface area contributed by atoms with E-state index in [0.29, 0.717) is 10.3 Å². The Morgan fingerprint density at radius 1 is 1.58 bits per heavy atom. The van der Waals surface area contributed by atoms with Crippen LogP contribution < -0.4 is 0 Å². The summed E-state index contributed by atoms with van der Waals surface area (Å²) in [5, 5.41) is 9.29. The van der Waals surface area contributed by atoms with E-state index in [9.17, 15) is 4.79 Å². The largest absolute Gasteiger partial charge is 0.362 e. The van der Waals surface area contributed by atoms with Gasteiger partial charge in [0.1, 0.15) is 5.84 Å². The molecule has 6 nitrogen and oxygen atoms in total. The van der Waals surface area contributed by atoms with Crippen LogP contribution >= 0.6 is 23.7 Å². The normalized spacial score (nSPS) is 20.7. The number of hydrogen-bond acceptors (Lipinski definition) is 5. The Hall–Kier alpha value is -1.80. The molecule has 0 saturated heterocycles.